The number of hydrogen-bond acceptors (Lipinski definition) is 8. The van der Waals surface area contributed by atoms with E-state index in [0.717, 1.165) is 0 Å². The van der Waals surface area contributed by atoms with Gasteiger partial charge >= 0.3 is 11.9 Å². The number of carboxylic acid groups (broad SMARTS) is 2. The predicted molar refractivity (Wildman–Crippen MR) is 134 cm³/mol. The van der Waals surface area contributed by atoms with Crippen LogP contribution in [-0.2, 0) is 24.0 Å². The molecule has 0 aromatic heterocycles. The second-order valence-electron chi connectivity index (χ2n) is 8.76. The Morgan fingerprint density at radius 2 is 1.37 bits per heavy atom. The summed E-state index contributed by atoms with van der Waals surface area (Å²) in [5.41, 5.74) is 11.4. The summed E-state index contributed by atoms with van der Waals surface area (Å²) in [6.07, 6.45) is 3.35. The highest BCUT2D eigenvalue weighted by Gasteiger charge is 2.30. The second-order valence-corrected chi connectivity index (χ2v) is 9.74. The van der Waals surface area contributed by atoms with Crippen molar-refractivity contribution in [1.82, 2.24) is 16.0 Å². The molecule has 0 aliphatic rings. The Labute approximate surface area is 210 Å². The molecule has 0 bridgehead atoms. The monoisotopic (exact) mass is 519 g/mol. The number of nitrogens with one attached hydrogen (secondary N) is 3. The van der Waals surface area contributed by atoms with Gasteiger partial charge in [-0.25, -0.2) is 4.79 Å². The molecule has 0 saturated heterocycles. The number of rotatable bonds is 19. The van der Waals surface area contributed by atoms with Crippen LogP contribution in [0, 0.1) is 5.92 Å². The average molecular weight is 520 g/mol. The molecule has 3 amide bonds. The van der Waals surface area contributed by atoms with Crippen LogP contribution in [0.25, 0.3) is 0 Å². The smallest absolute Gasteiger partial charge is 0.326 e. The Bertz CT molecular complexity index is 708. The van der Waals surface area contributed by atoms with Crippen LogP contribution in [0.15, 0.2) is 0 Å². The van der Waals surface area contributed by atoms with Crippen molar-refractivity contribution in [1.29, 1.82) is 0 Å². The molecule has 0 rings (SSSR count). The second kappa shape index (κ2) is 18.0. The maximum absolute atomic E-state index is 13.0. The summed E-state index contributed by atoms with van der Waals surface area (Å²) in [4.78, 5) is 60.9. The first kappa shape index (κ1) is 32.6. The quantitative estimate of drug-likeness (QED) is 0.110. The van der Waals surface area contributed by atoms with Crippen molar-refractivity contribution in [3.8, 4) is 0 Å². The van der Waals surface area contributed by atoms with Gasteiger partial charge < -0.3 is 37.6 Å². The highest BCUT2D eigenvalue weighted by Crippen LogP contribution is 2.08. The summed E-state index contributed by atoms with van der Waals surface area (Å²) < 4.78 is 0. The van der Waals surface area contributed by atoms with Crippen molar-refractivity contribution < 1.29 is 34.2 Å². The highest BCUT2D eigenvalue weighted by molar-refractivity contribution is 7.98. The number of aliphatic carboxylic acids is 2. The van der Waals surface area contributed by atoms with E-state index in [1.165, 1.54) is 11.8 Å². The molecule has 0 fully saturated rings. The molecule has 12 nitrogen and oxygen atoms in total. The van der Waals surface area contributed by atoms with E-state index in [4.69, 9.17) is 16.6 Å². The van der Waals surface area contributed by atoms with Gasteiger partial charge in [-0.1, -0.05) is 20.3 Å². The third-order valence-electron chi connectivity index (χ3n) is 5.15. The lowest BCUT2D eigenvalue weighted by Gasteiger charge is -2.25. The van der Waals surface area contributed by atoms with Crippen LogP contribution in [0.1, 0.15) is 58.8 Å². The van der Waals surface area contributed by atoms with Crippen molar-refractivity contribution in [3.63, 3.8) is 0 Å². The van der Waals surface area contributed by atoms with E-state index >= 15 is 0 Å². The molecule has 13 heteroatoms. The summed E-state index contributed by atoms with van der Waals surface area (Å²) in [5.74, 6) is -3.90. The number of nitrogens with two attached hydrogens (primary N) is 2. The number of unbranched alkanes of at least 4 members (excludes halogenated alkanes) is 1. The minimum absolute atomic E-state index is 0.0244. The summed E-state index contributed by atoms with van der Waals surface area (Å²) in [6, 6.07) is -4.31. The highest BCUT2D eigenvalue weighted by atomic mass is 32.2. The lowest BCUT2D eigenvalue weighted by Crippen LogP contribution is -2.57. The first-order valence-electron chi connectivity index (χ1n) is 11.7. The molecule has 9 N–H and O–H groups in total. The number of amides is 3. The third-order valence-corrected chi connectivity index (χ3v) is 5.80. The minimum Gasteiger partial charge on any atom is -0.481 e. The number of carbonyl (C=O) groups excluding carboxylic acids is 3. The number of carboxylic acids is 2. The first-order valence-corrected chi connectivity index (χ1v) is 13.1. The van der Waals surface area contributed by atoms with Crippen LogP contribution in [0.2, 0.25) is 0 Å². The summed E-state index contributed by atoms with van der Waals surface area (Å²) >= 11 is 1.46. The van der Waals surface area contributed by atoms with Crippen molar-refractivity contribution >= 4 is 41.4 Å². The minimum atomic E-state index is -1.29. The lowest BCUT2D eigenvalue weighted by atomic mass is 10.0. The molecule has 0 aliphatic carbocycles. The third kappa shape index (κ3) is 14.6. The maximum atomic E-state index is 13.0. The standard InChI is InChI=1S/C22H41N5O7S/c1-13(2)12-17(22(33)34)27-20(31)15(7-8-18(28)29)26-21(32)16(9-11-35-3)25-19(30)14(24)6-4-5-10-23/h13-17H,4-12,23-24H2,1-3H3,(H,25,30)(H,26,32)(H,27,31)(H,28,29)(H,33,34). The van der Waals surface area contributed by atoms with Crippen LogP contribution in [0.5, 0.6) is 0 Å². The Kier molecular flexibility index (Phi) is 16.7. The van der Waals surface area contributed by atoms with E-state index in [1.807, 2.05) is 6.26 Å². The van der Waals surface area contributed by atoms with Crippen molar-refractivity contribution in [2.24, 2.45) is 17.4 Å². The zero-order chi connectivity index (χ0) is 27.0. The van der Waals surface area contributed by atoms with E-state index in [1.54, 1.807) is 13.8 Å². The Morgan fingerprint density at radius 1 is 0.829 bits per heavy atom. The van der Waals surface area contributed by atoms with Gasteiger partial charge in [-0.05, 0) is 56.6 Å². The van der Waals surface area contributed by atoms with Gasteiger partial charge in [-0.2, -0.15) is 11.8 Å². The zero-order valence-electron chi connectivity index (χ0n) is 20.7. The fourth-order valence-corrected chi connectivity index (χ4v) is 3.67. The summed E-state index contributed by atoms with van der Waals surface area (Å²) in [6.45, 7) is 4.07. The molecule has 0 spiro atoms. The topological polar surface area (TPSA) is 214 Å². The van der Waals surface area contributed by atoms with Crippen LogP contribution < -0.4 is 27.4 Å². The van der Waals surface area contributed by atoms with Gasteiger partial charge in [0.05, 0.1) is 6.04 Å². The number of carbonyl (C=O) groups is 5. The molecule has 0 heterocycles. The SMILES string of the molecule is CSCCC(NC(=O)C(N)CCCCN)C(=O)NC(CCC(=O)O)C(=O)NC(CC(C)C)C(=O)O. The van der Waals surface area contributed by atoms with E-state index in [-0.39, 0.29) is 25.2 Å². The van der Waals surface area contributed by atoms with Gasteiger partial charge in [0.15, 0.2) is 0 Å². The molecule has 0 aliphatic heterocycles. The Hall–Kier alpha value is -2.38. The molecular weight excluding hydrogens is 478 g/mol. The van der Waals surface area contributed by atoms with E-state index in [2.05, 4.69) is 16.0 Å². The molecule has 4 atom stereocenters. The lowest BCUT2D eigenvalue weighted by molar-refractivity contribution is -0.143. The van der Waals surface area contributed by atoms with Crippen LogP contribution in [0.4, 0.5) is 0 Å². The molecular formula is C22H41N5O7S. The Morgan fingerprint density at radius 3 is 1.86 bits per heavy atom. The van der Waals surface area contributed by atoms with Gasteiger partial charge in [0.2, 0.25) is 17.7 Å². The average Bonchev–Trinajstić information content (AvgIpc) is 2.77. The van der Waals surface area contributed by atoms with Crippen molar-refractivity contribution in [2.75, 3.05) is 18.6 Å². The Balaban J connectivity index is 5.46. The molecule has 0 aromatic rings. The normalized spacial score (nSPS) is 14.5. The molecule has 35 heavy (non-hydrogen) atoms. The van der Waals surface area contributed by atoms with Gasteiger partial charge in [0, 0.05) is 6.42 Å². The van der Waals surface area contributed by atoms with Gasteiger partial charge in [0.25, 0.3) is 0 Å². The molecule has 4 unspecified atom stereocenters. The summed E-state index contributed by atoms with van der Waals surface area (Å²) in [5, 5.41) is 25.9. The van der Waals surface area contributed by atoms with Crippen LogP contribution >= 0.6 is 11.8 Å². The van der Waals surface area contributed by atoms with Crippen molar-refractivity contribution in [3.05, 3.63) is 0 Å². The van der Waals surface area contributed by atoms with E-state index in [0.29, 0.717) is 31.6 Å². The first-order chi connectivity index (χ1) is 16.4. The fraction of sp³-hybridized carbons (Fsp3) is 0.773. The van der Waals surface area contributed by atoms with Crippen LogP contribution in [0.3, 0.4) is 0 Å². The van der Waals surface area contributed by atoms with Gasteiger partial charge in [-0.15, -0.1) is 0 Å². The van der Waals surface area contributed by atoms with Gasteiger partial charge in [0.1, 0.15) is 18.1 Å². The molecule has 0 aromatic carbocycles. The van der Waals surface area contributed by atoms with Crippen LogP contribution in [-0.4, -0.2) is 82.6 Å². The molecule has 202 valence electrons. The van der Waals surface area contributed by atoms with Gasteiger partial charge in [-0.3, -0.25) is 19.2 Å². The molecule has 0 radical (unpaired) electrons. The zero-order valence-corrected chi connectivity index (χ0v) is 21.6. The van der Waals surface area contributed by atoms with Crippen molar-refractivity contribution in [2.45, 2.75) is 83.0 Å². The molecule has 0 saturated carbocycles. The largest absolute Gasteiger partial charge is 0.481 e. The fourth-order valence-electron chi connectivity index (χ4n) is 3.20. The number of hydrogen-bond donors (Lipinski definition) is 7. The number of thioether (sulfide) groups is 1. The van der Waals surface area contributed by atoms with E-state index < -0.39 is 60.2 Å². The predicted octanol–water partition coefficient (Wildman–Crippen LogP) is -0.354. The maximum Gasteiger partial charge on any atom is 0.326 e. The summed E-state index contributed by atoms with van der Waals surface area (Å²) in [7, 11) is 0. The van der Waals surface area contributed by atoms with E-state index in [9.17, 15) is 29.1 Å².